The van der Waals surface area contributed by atoms with E-state index in [9.17, 15) is 19.5 Å². The Morgan fingerprint density at radius 1 is 1.15 bits per heavy atom. The molecule has 0 radical (unpaired) electrons. The molecule has 2 aromatic rings. The van der Waals surface area contributed by atoms with E-state index >= 15 is 0 Å². The Morgan fingerprint density at radius 3 is 2.58 bits per heavy atom. The minimum Gasteiger partial charge on any atom is -0.506 e. The van der Waals surface area contributed by atoms with E-state index < -0.39 is 23.6 Å². The fraction of sp³-hybridized carbons (Fsp3) is 0.105. The molecule has 0 aromatic heterocycles. The zero-order valence-corrected chi connectivity index (χ0v) is 14.7. The number of carbonyl (C=O) groups excluding carboxylic acids is 3. The van der Waals surface area contributed by atoms with Gasteiger partial charge in [-0.2, -0.15) is 0 Å². The van der Waals surface area contributed by atoms with E-state index in [0.717, 1.165) is 27.8 Å². The van der Waals surface area contributed by atoms with Crippen LogP contribution >= 0.6 is 11.8 Å². The lowest BCUT2D eigenvalue weighted by molar-refractivity contribution is -0.127. The van der Waals surface area contributed by atoms with E-state index in [1.807, 2.05) is 31.2 Å². The third-order valence-electron chi connectivity index (χ3n) is 3.83. The quantitative estimate of drug-likeness (QED) is 0.638. The van der Waals surface area contributed by atoms with Crippen molar-refractivity contribution >= 4 is 40.6 Å². The van der Waals surface area contributed by atoms with Gasteiger partial charge in [-0.25, -0.2) is 0 Å². The number of anilines is 1. The number of imide groups is 1. The Labute approximate surface area is 154 Å². The van der Waals surface area contributed by atoms with Crippen molar-refractivity contribution in [3.8, 4) is 5.75 Å². The predicted molar refractivity (Wildman–Crippen MR) is 101 cm³/mol. The largest absolute Gasteiger partial charge is 0.506 e. The van der Waals surface area contributed by atoms with Gasteiger partial charge in [0.25, 0.3) is 11.1 Å². The van der Waals surface area contributed by atoms with Crippen molar-refractivity contribution in [3.63, 3.8) is 0 Å². The highest BCUT2D eigenvalue weighted by atomic mass is 32.2. The average Bonchev–Trinajstić information content (AvgIpc) is 2.86. The van der Waals surface area contributed by atoms with Gasteiger partial charge in [0.15, 0.2) is 0 Å². The molecular formula is C19H16N2O4S. The Hall–Kier alpha value is -3.06. The molecule has 1 aliphatic heterocycles. The molecule has 6 nitrogen and oxygen atoms in total. The lowest BCUT2D eigenvalue weighted by Crippen LogP contribution is -2.36. The number of hydrogen-bond donors (Lipinski definition) is 2. The van der Waals surface area contributed by atoms with E-state index in [1.165, 1.54) is 12.1 Å². The third-order valence-corrected chi connectivity index (χ3v) is 4.74. The zero-order chi connectivity index (χ0) is 18.7. The summed E-state index contributed by atoms with van der Waals surface area (Å²) < 4.78 is 0. The molecule has 1 fully saturated rings. The van der Waals surface area contributed by atoms with Gasteiger partial charge in [-0.1, -0.05) is 36.4 Å². The number of aryl methyl sites for hydroxylation is 1. The number of nitrogens with zero attached hydrogens (tertiary/aromatic N) is 1. The molecule has 26 heavy (non-hydrogen) atoms. The molecule has 7 heteroatoms. The second-order valence-corrected chi connectivity index (χ2v) is 6.68. The summed E-state index contributed by atoms with van der Waals surface area (Å²) in [5, 5.41) is 11.7. The Bertz CT molecular complexity index is 923. The van der Waals surface area contributed by atoms with Crippen LogP contribution in [0, 0.1) is 6.92 Å². The molecule has 0 aliphatic carbocycles. The van der Waals surface area contributed by atoms with Gasteiger partial charge in [0.1, 0.15) is 12.3 Å². The van der Waals surface area contributed by atoms with Gasteiger partial charge < -0.3 is 10.4 Å². The summed E-state index contributed by atoms with van der Waals surface area (Å²) in [4.78, 5) is 37.9. The van der Waals surface area contributed by atoms with Gasteiger partial charge in [0, 0.05) is 0 Å². The number of para-hydroxylation sites is 2. The summed E-state index contributed by atoms with van der Waals surface area (Å²) in [5.74, 6) is -1.16. The van der Waals surface area contributed by atoms with E-state index in [2.05, 4.69) is 5.32 Å². The van der Waals surface area contributed by atoms with Crippen molar-refractivity contribution < 1.29 is 19.5 Å². The fourth-order valence-electron chi connectivity index (χ4n) is 2.44. The first-order valence-electron chi connectivity index (χ1n) is 7.84. The van der Waals surface area contributed by atoms with E-state index in [1.54, 1.807) is 18.2 Å². The molecule has 0 spiro atoms. The highest BCUT2D eigenvalue weighted by molar-refractivity contribution is 8.18. The molecule has 3 rings (SSSR count). The number of benzene rings is 2. The molecule has 1 saturated heterocycles. The molecule has 3 amide bonds. The third kappa shape index (κ3) is 3.78. The fourth-order valence-corrected chi connectivity index (χ4v) is 3.27. The monoisotopic (exact) mass is 368 g/mol. The number of nitrogens with one attached hydrogen (secondary N) is 1. The molecule has 1 aliphatic rings. The maximum Gasteiger partial charge on any atom is 0.294 e. The number of aromatic hydroxyl groups is 1. The average molecular weight is 368 g/mol. The van der Waals surface area contributed by atoms with Crippen molar-refractivity contribution in [3.05, 3.63) is 64.6 Å². The standard InChI is InChI=1S/C19H16N2O4S/c1-12-6-2-3-7-13(12)10-16-18(24)21(19(25)26-16)11-17(23)20-14-8-4-5-9-15(14)22/h2-10,22H,11H2,1H3,(H,20,23)/b16-10-. The Balaban J connectivity index is 1.72. The Kier molecular flexibility index (Phi) is 5.09. The SMILES string of the molecule is Cc1ccccc1/C=C1\SC(=O)N(CC(=O)Nc2ccccc2O)C1=O. The van der Waals surface area contributed by atoms with Crippen LogP contribution in [0.5, 0.6) is 5.75 Å². The van der Waals surface area contributed by atoms with Gasteiger partial charge in [-0.15, -0.1) is 0 Å². The first-order valence-corrected chi connectivity index (χ1v) is 8.66. The summed E-state index contributed by atoms with van der Waals surface area (Å²) in [5.41, 5.74) is 2.05. The van der Waals surface area contributed by atoms with Crippen molar-refractivity contribution in [2.75, 3.05) is 11.9 Å². The predicted octanol–water partition coefficient (Wildman–Crippen LogP) is 3.38. The summed E-state index contributed by atoms with van der Waals surface area (Å²) >= 11 is 0.806. The number of rotatable bonds is 4. The van der Waals surface area contributed by atoms with Crippen LogP contribution in [-0.4, -0.2) is 33.6 Å². The normalized spacial score (nSPS) is 15.6. The molecule has 2 N–H and O–H groups in total. The molecule has 2 aromatic carbocycles. The number of thioether (sulfide) groups is 1. The molecule has 0 bridgehead atoms. The van der Waals surface area contributed by atoms with Gasteiger partial charge in [0.2, 0.25) is 5.91 Å². The molecule has 132 valence electrons. The Morgan fingerprint density at radius 2 is 1.85 bits per heavy atom. The van der Waals surface area contributed by atoms with Gasteiger partial charge >= 0.3 is 0 Å². The van der Waals surface area contributed by atoms with Crippen molar-refractivity contribution in [2.45, 2.75) is 6.92 Å². The summed E-state index contributed by atoms with van der Waals surface area (Å²) in [6, 6.07) is 13.7. The van der Waals surface area contributed by atoms with Crippen LogP contribution < -0.4 is 5.32 Å². The van der Waals surface area contributed by atoms with E-state index in [0.29, 0.717) is 0 Å². The number of phenols is 1. The molecule has 1 heterocycles. The van der Waals surface area contributed by atoms with Gasteiger partial charge in [-0.3, -0.25) is 19.3 Å². The van der Waals surface area contributed by atoms with Crippen LogP contribution in [0.15, 0.2) is 53.4 Å². The van der Waals surface area contributed by atoms with Crippen molar-refractivity contribution in [1.82, 2.24) is 4.90 Å². The smallest absolute Gasteiger partial charge is 0.294 e. The molecule has 0 unspecified atom stereocenters. The van der Waals surface area contributed by atoms with Crippen LogP contribution in [0.1, 0.15) is 11.1 Å². The second-order valence-electron chi connectivity index (χ2n) is 5.69. The van der Waals surface area contributed by atoms with Gasteiger partial charge in [0.05, 0.1) is 10.6 Å². The first-order chi connectivity index (χ1) is 12.5. The lowest BCUT2D eigenvalue weighted by Gasteiger charge is -2.13. The van der Waals surface area contributed by atoms with E-state index in [-0.39, 0.29) is 16.3 Å². The summed E-state index contributed by atoms with van der Waals surface area (Å²) in [6.07, 6.45) is 1.65. The first kappa shape index (κ1) is 17.8. The minimum atomic E-state index is -0.564. The van der Waals surface area contributed by atoms with Crippen LogP contribution in [-0.2, 0) is 9.59 Å². The lowest BCUT2D eigenvalue weighted by atomic mass is 10.1. The van der Waals surface area contributed by atoms with Gasteiger partial charge in [-0.05, 0) is 48.0 Å². The second kappa shape index (κ2) is 7.45. The van der Waals surface area contributed by atoms with Crippen LogP contribution in [0.25, 0.3) is 6.08 Å². The highest BCUT2D eigenvalue weighted by Gasteiger charge is 2.36. The van der Waals surface area contributed by atoms with Crippen LogP contribution in [0.2, 0.25) is 0 Å². The number of amides is 3. The summed E-state index contributed by atoms with van der Waals surface area (Å²) in [6.45, 7) is 1.50. The maximum atomic E-state index is 12.5. The van der Waals surface area contributed by atoms with Crippen LogP contribution in [0.4, 0.5) is 10.5 Å². The number of hydrogen-bond acceptors (Lipinski definition) is 5. The topological polar surface area (TPSA) is 86.7 Å². The highest BCUT2D eigenvalue weighted by Crippen LogP contribution is 2.32. The molecule has 0 saturated carbocycles. The maximum absolute atomic E-state index is 12.5. The number of phenolic OH excluding ortho intramolecular Hbond substituents is 1. The molecular weight excluding hydrogens is 352 g/mol. The number of carbonyl (C=O) groups is 3. The van der Waals surface area contributed by atoms with Crippen molar-refractivity contribution in [2.24, 2.45) is 0 Å². The van der Waals surface area contributed by atoms with Crippen LogP contribution in [0.3, 0.4) is 0 Å². The van der Waals surface area contributed by atoms with Crippen molar-refractivity contribution in [1.29, 1.82) is 0 Å². The molecule has 0 atom stereocenters. The minimum absolute atomic E-state index is 0.0885. The summed E-state index contributed by atoms with van der Waals surface area (Å²) in [7, 11) is 0. The zero-order valence-electron chi connectivity index (χ0n) is 13.9. The van der Waals surface area contributed by atoms with E-state index in [4.69, 9.17) is 0 Å².